The molecule has 0 atom stereocenters. The second-order valence-corrected chi connectivity index (χ2v) is 2.58. The third-order valence-corrected chi connectivity index (χ3v) is 1.52. The average Bonchev–Trinajstić information content (AvgIpc) is 2.22. The molecule has 0 saturated carbocycles. The van der Waals surface area contributed by atoms with Gasteiger partial charge in [-0.05, 0) is 18.9 Å². The van der Waals surface area contributed by atoms with E-state index in [1.807, 2.05) is 0 Å². The molecule has 0 radical (unpaired) electrons. The van der Waals surface area contributed by atoms with Crippen molar-refractivity contribution < 1.29 is 9.53 Å². The lowest BCUT2D eigenvalue weighted by molar-refractivity contribution is -0.146. The van der Waals surface area contributed by atoms with Crippen molar-refractivity contribution in [1.82, 2.24) is 9.97 Å². The number of carbonyl (C=O) groups is 1. The van der Waals surface area contributed by atoms with Crippen molar-refractivity contribution in [1.29, 1.82) is 0 Å². The highest BCUT2D eigenvalue weighted by Crippen LogP contribution is 2.04. The van der Waals surface area contributed by atoms with Crippen LogP contribution in [-0.4, -0.2) is 22.5 Å². The molecule has 70 valence electrons. The molecule has 1 fully saturated rings. The van der Waals surface area contributed by atoms with E-state index in [1.165, 1.54) is 6.33 Å². The van der Waals surface area contributed by atoms with E-state index in [1.54, 1.807) is 18.5 Å². The molecule has 0 amide bonds. The molecular formula is C9H12N2O2. The number of hydrogen-bond acceptors (Lipinski definition) is 4. The van der Waals surface area contributed by atoms with Crippen molar-refractivity contribution in [3.8, 4) is 0 Å². The molecule has 1 aromatic heterocycles. The lowest BCUT2D eigenvalue weighted by Crippen LogP contribution is -2.10. The summed E-state index contributed by atoms with van der Waals surface area (Å²) < 4.78 is 4.64. The van der Waals surface area contributed by atoms with Crippen molar-refractivity contribution in [2.45, 2.75) is 19.3 Å². The Morgan fingerprint density at radius 2 is 2.00 bits per heavy atom. The van der Waals surface area contributed by atoms with Gasteiger partial charge in [0.2, 0.25) is 0 Å². The lowest BCUT2D eigenvalue weighted by atomic mass is 10.2. The number of rotatable bonds is 0. The Balaban J connectivity index is 0.000000132. The van der Waals surface area contributed by atoms with E-state index >= 15 is 0 Å². The molecule has 4 nitrogen and oxygen atoms in total. The summed E-state index contributed by atoms with van der Waals surface area (Å²) in [5.41, 5.74) is 0. The van der Waals surface area contributed by atoms with E-state index in [4.69, 9.17) is 0 Å². The maximum absolute atomic E-state index is 10.2. The molecule has 0 aliphatic carbocycles. The van der Waals surface area contributed by atoms with Gasteiger partial charge >= 0.3 is 5.97 Å². The Kier molecular flexibility index (Phi) is 4.53. The van der Waals surface area contributed by atoms with Crippen LogP contribution >= 0.6 is 0 Å². The minimum Gasteiger partial charge on any atom is -0.466 e. The van der Waals surface area contributed by atoms with E-state index in [9.17, 15) is 4.79 Å². The summed E-state index contributed by atoms with van der Waals surface area (Å²) in [6.45, 7) is 0.638. The van der Waals surface area contributed by atoms with Gasteiger partial charge in [0, 0.05) is 18.8 Å². The molecule has 0 spiro atoms. The number of nitrogens with zero attached hydrogens (tertiary/aromatic N) is 2. The summed E-state index contributed by atoms with van der Waals surface area (Å²) in [6.07, 6.45) is 7.56. The first-order valence-corrected chi connectivity index (χ1v) is 4.25. The molecule has 1 saturated heterocycles. The smallest absolute Gasteiger partial charge is 0.305 e. The quantitative estimate of drug-likeness (QED) is 0.563. The van der Waals surface area contributed by atoms with E-state index < -0.39 is 0 Å². The van der Waals surface area contributed by atoms with Crippen LogP contribution in [0.1, 0.15) is 19.3 Å². The molecule has 2 rings (SSSR count). The second kappa shape index (κ2) is 6.11. The summed E-state index contributed by atoms with van der Waals surface area (Å²) in [6, 6.07) is 1.78. The van der Waals surface area contributed by atoms with Crippen molar-refractivity contribution in [2.24, 2.45) is 0 Å². The Bertz CT molecular complexity index is 204. The molecule has 1 aliphatic heterocycles. The van der Waals surface area contributed by atoms with E-state index in [0.717, 1.165) is 12.8 Å². The highest BCUT2D eigenvalue weighted by Gasteiger charge is 2.06. The third kappa shape index (κ3) is 4.90. The maximum atomic E-state index is 10.2. The molecule has 4 heteroatoms. The highest BCUT2D eigenvalue weighted by atomic mass is 16.5. The van der Waals surface area contributed by atoms with Crippen LogP contribution in [0, 0.1) is 0 Å². The minimum absolute atomic E-state index is 0.0359. The van der Waals surface area contributed by atoms with Gasteiger partial charge in [-0.25, -0.2) is 9.97 Å². The first-order valence-electron chi connectivity index (χ1n) is 4.25. The monoisotopic (exact) mass is 180 g/mol. The molecule has 0 unspecified atom stereocenters. The third-order valence-electron chi connectivity index (χ3n) is 1.52. The fraction of sp³-hybridized carbons (Fsp3) is 0.444. The average molecular weight is 180 g/mol. The second-order valence-electron chi connectivity index (χ2n) is 2.58. The van der Waals surface area contributed by atoms with Crippen LogP contribution in [0.2, 0.25) is 0 Å². The summed E-state index contributed by atoms with van der Waals surface area (Å²) in [4.78, 5) is 17.6. The van der Waals surface area contributed by atoms with E-state index in [-0.39, 0.29) is 5.97 Å². The first kappa shape index (κ1) is 9.64. The molecule has 0 bridgehead atoms. The number of carbonyl (C=O) groups excluding carboxylic acids is 1. The van der Waals surface area contributed by atoms with Crippen LogP contribution in [0.4, 0.5) is 0 Å². The first-order chi connectivity index (χ1) is 6.39. The highest BCUT2D eigenvalue weighted by molar-refractivity contribution is 5.69. The topological polar surface area (TPSA) is 52.1 Å². The molecule has 1 aliphatic rings. The largest absolute Gasteiger partial charge is 0.466 e. The van der Waals surface area contributed by atoms with Gasteiger partial charge in [-0.3, -0.25) is 4.79 Å². The Morgan fingerprint density at radius 1 is 1.23 bits per heavy atom. The molecule has 2 heterocycles. The van der Waals surface area contributed by atoms with Crippen LogP contribution < -0.4 is 0 Å². The van der Waals surface area contributed by atoms with Gasteiger partial charge in [0.1, 0.15) is 6.33 Å². The van der Waals surface area contributed by atoms with Gasteiger partial charge in [-0.15, -0.1) is 0 Å². The van der Waals surface area contributed by atoms with Gasteiger partial charge in [-0.1, -0.05) is 0 Å². The van der Waals surface area contributed by atoms with Gasteiger partial charge in [-0.2, -0.15) is 0 Å². The van der Waals surface area contributed by atoms with Crippen LogP contribution in [0.5, 0.6) is 0 Å². The van der Waals surface area contributed by atoms with Crippen molar-refractivity contribution in [3.05, 3.63) is 24.8 Å². The SMILES string of the molecule is O=C1CCCCO1.c1cncnc1. The number of aromatic nitrogens is 2. The molecule has 0 aromatic carbocycles. The van der Waals surface area contributed by atoms with Crippen molar-refractivity contribution >= 4 is 5.97 Å². The normalized spacial score (nSPS) is 15.2. The van der Waals surface area contributed by atoms with Crippen LogP contribution in [0.15, 0.2) is 24.8 Å². The molecule has 1 aromatic rings. The van der Waals surface area contributed by atoms with Crippen molar-refractivity contribution in [2.75, 3.05) is 6.61 Å². The van der Waals surface area contributed by atoms with E-state index in [2.05, 4.69) is 14.7 Å². The van der Waals surface area contributed by atoms with E-state index in [0.29, 0.717) is 13.0 Å². The Labute approximate surface area is 77.0 Å². The predicted octanol–water partition coefficient (Wildman–Crippen LogP) is 1.19. The standard InChI is InChI=1S/C5H8O2.C4H4N2/c6-5-3-1-2-4-7-5;1-2-5-4-6-3-1/h1-4H2;1-4H. The fourth-order valence-electron chi connectivity index (χ4n) is 0.883. The van der Waals surface area contributed by atoms with Crippen LogP contribution in [-0.2, 0) is 9.53 Å². The van der Waals surface area contributed by atoms with Crippen molar-refractivity contribution in [3.63, 3.8) is 0 Å². The minimum atomic E-state index is -0.0359. The summed E-state index contributed by atoms with van der Waals surface area (Å²) in [5.74, 6) is -0.0359. The lowest BCUT2D eigenvalue weighted by Gasteiger charge is -2.08. The van der Waals surface area contributed by atoms with Gasteiger partial charge in [0.15, 0.2) is 0 Å². The molecule has 0 N–H and O–H groups in total. The summed E-state index contributed by atoms with van der Waals surface area (Å²) in [5, 5.41) is 0. The zero-order chi connectivity index (χ0) is 9.36. The summed E-state index contributed by atoms with van der Waals surface area (Å²) >= 11 is 0. The van der Waals surface area contributed by atoms with Gasteiger partial charge in [0.25, 0.3) is 0 Å². The number of ether oxygens (including phenoxy) is 1. The zero-order valence-corrected chi connectivity index (χ0v) is 7.35. The maximum Gasteiger partial charge on any atom is 0.305 e. The Hall–Kier alpha value is -1.45. The van der Waals surface area contributed by atoms with Gasteiger partial charge < -0.3 is 4.74 Å². The van der Waals surface area contributed by atoms with Crippen LogP contribution in [0.25, 0.3) is 0 Å². The zero-order valence-electron chi connectivity index (χ0n) is 7.35. The molecular weight excluding hydrogens is 168 g/mol. The fourth-order valence-corrected chi connectivity index (χ4v) is 0.883. The van der Waals surface area contributed by atoms with Crippen LogP contribution in [0.3, 0.4) is 0 Å². The Morgan fingerprint density at radius 3 is 2.23 bits per heavy atom. The number of hydrogen-bond donors (Lipinski definition) is 0. The van der Waals surface area contributed by atoms with Gasteiger partial charge in [0.05, 0.1) is 6.61 Å². The predicted molar refractivity (Wildman–Crippen MR) is 46.8 cm³/mol. The number of esters is 1. The number of cyclic esters (lactones) is 1. The molecule has 13 heavy (non-hydrogen) atoms. The summed E-state index contributed by atoms with van der Waals surface area (Å²) in [7, 11) is 0.